The maximum Gasteiger partial charge on any atom is 0.275 e. The van der Waals surface area contributed by atoms with Crippen LogP contribution in [0.4, 0.5) is 17.6 Å². The van der Waals surface area contributed by atoms with Crippen LogP contribution in [0.15, 0.2) is 30.3 Å². The van der Waals surface area contributed by atoms with Crippen molar-refractivity contribution in [1.82, 2.24) is 24.9 Å². The lowest BCUT2D eigenvalue weighted by Crippen LogP contribution is -2.39. The number of aromatic nitrogens is 4. The average Bonchev–Trinajstić information content (AvgIpc) is 3.32. The second-order valence-corrected chi connectivity index (χ2v) is 7.78. The van der Waals surface area contributed by atoms with Crippen molar-refractivity contribution in [1.29, 1.82) is 0 Å². The van der Waals surface area contributed by atoms with Crippen LogP contribution < -0.4 is 0 Å². The summed E-state index contributed by atoms with van der Waals surface area (Å²) in [6, 6.07) is 5.44. The van der Waals surface area contributed by atoms with Gasteiger partial charge in [-0.15, -0.1) is 0 Å². The molecule has 1 aliphatic heterocycles. The van der Waals surface area contributed by atoms with E-state index in [4.69, 9.17) is 0 Å². The molecule has 1 N–H and O–H groups in total. The summed E-state index contributed by atoms with van der Waals surface area (Å²) < 4.78 is 56.2. The van der Waals surface area contributed by atoms with Gasteiger partial charge in [-0.25, -0.2) is 17.6 Å². The van der Waals surface area contributed by atoms with Crippen LogP contribution in [0, 0.1) is 23.3 Å². The third kappa shape index (κ3) is 2.97. The molecule has 0 saturated carbocycles. The van der Waals surface area contributed by atoms with E-state index in [-0.39, 0.29) is 17.2 Å². The minimum absolute atomic E-state index is 0.105. The molecule has 1 aliphatic rings. The maximum atomic E-state index is 13.8. The van der Waals surface area contributed by atoms with Gasteiger partial charge in [0.1, 0.15) is 5.82 Å². The Hall–Kier alpha value is -3.69. The molecule has 0 bridgehead atoms. The number of amides is 1. The fourth-order valence-corrected chi connectivity index (χ4v) is 4.36. The summed E-state index contributed by atoms with van der Waals surface area (Å²) in [5.74, 6) is -4.96. The van der Waals surface area contributed by atoms with Gasteiger partial charge < -0.3 is 4.90 Å². The van der Waals surface area contributed by atoms with Crippen LogP contribution in [0.1, 0.15) is 34.7 Å². The molecule has 2 aromatic carbocycles. The molecule has 3 heterocycles. The summed E-state index contributed by atoms with van der Waals surface area (Å²) in [6.45, 7) is 2.08. The Labute approximate surface area is 179 Å². The molecule has 4 aromatic rings. The van der Waals surface area contributed by atoms with Gasteiger partial charge in [-0.2, -0.15) is 10.2 Å². The average molecular weight is 443 g/mol. The second-order valence-electron chi connectivity index (χ2n) is 7.78. The van der Waals surface area contributed by atoms with Crippen molar-refractivity contribution in [3.05, 3.63) is 70.6 Å². The quantitative estimate of drug-likeness (QED) is 0.372. The van der Waals surface area contributed by atoms with E-state index in [1.165, 1.54) is 22.9 Å². The molecule has 2 aromatic heterocycles. The van der Waals surface area contributed by atoms with Crippen LogP contribution in [-0.2, 0) is 13.5 Å². The summed E-state index contributed by atoms with van der Waals surface area (Å²) in [5.41, 5.74) is 2.57. The van der Waals surface area contributed by atoms with Crippen LogP contribution in [0.5, 0.6) is 0 Å². The monoisotopic (exact) mass is 443 g/mol. The van der Waals surface area contributed by atoms with E-state index in [1.54, 1.807) is 18.9 Å². The van der Waals surface area contributed by atoms with Gasteiger partial charge in [0.25, 0.3) is 5.91 Å². The number of halogens is 4. The molecule has 1 amide bonds. The van der Waals surface area contributed by atoms with E-state index >= 15 is 0 Å². The number of hydrogen-bond acceptors (Lipinski definition) is 3. The first-order valence-electron chi connectivity index (χ1n) is 9.91. The first-order chi connectivity index (χ1) is 15.3. The van der Waals surface area contributed by atoms with Crippen LogP contribution in [0.25, 0.3) is 22.2 Å². The van der Waals surface area contributed by atoms with Crippen LogP contribution in [-0.4, -0.2) is 37.3 Å². The van der Waals surface area contributed by atoms with Crippen molar-refractivity contribution in [2.24, 2.45) is 7.05 Å². The van der Waals surface area contributed by atoms with Crippen molar-refractivity contribution in [3.63, 3.8) is 0 Å². The first-order valence-corrected chi connectivity index (χ1v) is 9.91. The fraction of sp³-hybridized carbons (Fsp3) is 0.227. The Bertz CT molecular complexity index is 1370. The van der Waals surface area contributed by atoms with E-state index in [1.807, 2.05) is 0 Å². The number of carbonyl (C=O) groups excluding carboxylic acids is 1. The number of benzene rings is 2. The predicted molar refractivity (Wildman–Crippen MR) is 108 cm³/mol. The minimum atomic E-state index is -1.53. The largest absolute Gasteiger partial charge is 0.328 e. The number of fused-ring (bicyclic) bond motifs is 2. The number of aryl methyl sites for hydroxylation is 1. The molecule has 0 aliphatic carbocycles. The Morgan fingerprint density at radius 3 is 2.56 bits per heavy atom. The van der Waals surface area contributed by atoms with Gasteiger partial charge in [-0.3, -0.25) is 14.6 Å². The molecule has 6 nitrogen and oxygen atoms in total. The summed E-state index contributed by atoms with van der Waals surface area (Å²) in [6.07, 6.45) is 0.367. The number of H-pyrrole nitrogens is 1. The number of carbonyl (C=O) groups is 1. The van der Waals surface area contributed by atoms with E-state index < -0.39 is 29.3 Å². The lowest BCUT2D eigenvalue weighted by molar-refractivity contribution is 0.0669. The fourth-order valence-electron chi connectivity index (χ4n) is 4.36. The van der Waals surface area contributed by atoms with E-state index in [2.05, 4.69) is 15.3 Å². The van der Waals surface area contributed by atoms with Gasteiger partial charge in [0, 0.05) is 30.1 Å². The molecule has 164 valence electrons. The molecule has 0 spiro atoms. The smallest absolute Gasteiger partial charge is 0.275 e. The number of rotatable bonds is 2. The Balaban J connectivity index is 1.53. The summed E-state index contributed by atoms with van der Waals surface area (Å²) >= 11 is 0. The van der Waals surface area contributed by atoms with Crippen LogP contribution >= 0.6 is 0 Å². The Morgan fingerprint density at radius 2 is 1.84 bits per heavy atom. The third-order valence-corrected chi connectivity index (χ3v) is 5.89. The topological polar surface area (TPSA) is 66.8 Å². The van der Waals surface area contributed by atoms with Gasteiger partial charge in [0.15, 0.2) is 23.1 Å². The molecule has 0 unspecified atom stereocenters. The molecule has 32 heavy (non-hydrogen) atoms. The molecule has 5 rings (SSSR count). The van der Waals surface area contributed by atoms with Crippen LogP contribution in [0.3, 0.4) is 0 Å². The van der Waals surface area contributed by atoms with Gasteiger partial charge in [0.05, 0.1) is 22.9 Å². The van der Waals surface area contributed by atoms with E-state index in [0.29, 0.717) is 35.3 Å². The third-order valence-electron chi connectivity index (χ3n) is 5.89. The van der Waals surface area contributed by atoms with Gasteiger partial charge >= 0.3 is 0 Å². The first kappa shape index (κ1) is 20.2. The van der Waals surface area contributed by atoms with Gasteiger partial charge in [-0.05, 0) is 43.7 Å². The number of hydrogen-bond donors (Lipinski definition) is 1. The lowest BCUT2D eigenvalue weighted by Gasteiger charge is -2.32. The zero-order chi connectivity index (χ0) is 22.7. The second kappa shape index (κ2) is 7.18. The van der Waals surface area contributed by atoms with Crippen molar-refractivity contribution >= 4 is 16.8 Å². The molecular weight excluding hydrogens is 426 g/mol. The highest BCUT2D eigenvalue weighted by atomic mass is 19.2. The lowest BCUT2D eigenvalue weighted by atomic mass is 9.95. The highest BCUT2D eigenvalue weighted by Gasteiger charge is 2.35. The minimum Gasteiger partial charge on any atom is -0.328 e. The SMILES string of the molecule is C[C@H]1c2nn(C)c(-c3cc(F)c(F)c(F)c3)c2CCN1C(=O)c1n[nH]c2ccc(F)cc12. The Morgan fingerprint density at radius 1 is 1.12 bits per heavy atom. The number of nitrogens with zero attached hydrogens (tertiary/aromatic N) is 4. The van der Waals surface area contributed by atoms with Gasteiger partial charge in [0.2, 0.25) is 0 Å². The summed E-state index contributed by atoms with van der Waals surface area (Å²) in [7, 11) is 1.62. The van der Waals surface area contributed by atoms with Crippen molar-refractivity contribution in [3.8, 4) is 11.3 Å². The summed E-state index contributed by atoms with van der Waals surface area (Å²) in [5, 5.41) is 11.7. The van der Waals surface area contributed by atoms with E-state index in [0.717, 1.165) is 17.7 Å². The van der Waals surface area contributed by atoms with Crippen molar-refractivity contribution in [2.45, 2.75) is 19.4 Å². The normalized spacial score (nSPS) is 15.9. The number of nitrogens with one attached hydrogen (secondary N) is 1. The molecule has 1 atom stereocenters. The molecule has 0 saturated heterocycles. The Kier molecular flexibility index (Phi) is 4.54. The van der Waals surface area contributed by atoms with Gasteiger partial charge in [-0.1, -0.05) is 0 Å². The molecular formula is C22H17F4N5O. The molecule has 0 radical (unpaired) electrons. The highest BCUT2D eigenvalue weighted by molar-refractivity contribution is 6.04. The zero-order valence-electron chi connectivity index (χ0n) is 17.1. The highest BCUT2D eigenvalue weighted by Crippen LogP contribution is 2.37. The number of aromatic amines is 1. The molecule has 0 fully saturated rings. The zero-order valence-corrected chi connectivity index (χ0v) is 17.1. The maximum absolute atomic E-state index is 13.8. The summed E-state index contributed by atoms with van der Waals surface area (Å²) in [4.78, 5) is 14.8. The standard InChI is InChI=1S/C22H17F4N5O/c1-10-19-13(21(30(2)29-19)11-7-15(24)18(26)16(25)8-11)5-6-31(10)22(32)20-14-9-12(23)3-4-17(14)27-28-20/h3-4,7-10H,5-6H2,1-2H3,(H,27,28)/t10-/m0/s1. The van der Waals surface area contributed by atoms with Crippen molar-refractivity contribution < 1.29 is 22.4 Å². The van der Waals surface area contributed by atoms with Crippen molar-refractivity contribution in [2.75, 3.05) is 6.54 Å². The predicted octanol–water partition coefficient (Wildman–Crippen LogP) is 4.28. The van der Waals surface area contributed by atoms with E-state index in [9.17, 15) is 22.4 Å². The van der Waals surface area contributed by atoms with Crippen LogP contribution in [0.2, 0.25) is 0 Å². The molecule has 10 heteroatoms.